The molecule has 3 aliphatic rings. The number of piperidine rings is 1. The Balaban J connectivity index is 1.31. The Morgan fingerprint density at radius 2 is 1.75 bits per heavy atom. The molecule has 5 rings (SSSR count). The van der Waals surface area contributed by atoms with Crippen LogP contribution in [-0.2, 0) is 4.79 Å². The van der Waals surface area contributed by atoms with Gasteiger partial charge in [-0.2, -0.15) is 4.52 Å². The summed E-state index contributed by atoms with van der Waals surface area (Å²) < 4.78 is 1.95. The van der Waals surface area contributed by atoms with Crippen LogP contribution in [0.25, 0.3) is 5.65 Å². The number of hydrogen-bond acceptors (Lipinski definition) is 6. The van der Waals surface area contributed by atoms with Gasteiger partial charge in [0.25, 0.3) is 0 Å². The maximum atomic E-state index is 12.4. The molecule has 0 aromatic carbocycles. The van der Waals surface area contributed by atoms with Gasteiger partial charge in [0.15, 0.2) is 11.5 Å². The first kappa shape index (κ1) is 17.8. The van der Waals surface area contributed by atoms with Crippen molar-refractivity contribution in [2.24, 2.45) is 0 Å². The van der Waals surface area contributed by atoms with Crippen molar-refractivity contribution >= 4 is 17.4 Å². The van der Waals surface area contributed by atoms with Crippen molar-refractivity contribution in [3.63, 3.8) is 0 Å². The van der Waals surface area contributed by atoms with E-state index in [-0.39, 0.29) is 11.9 Å². The van der Waals surface area contributed by atoms with Gasteiger partial charge in [-0.05, 0) is 70.2 Å². The Kier molecular flexibility index (Phi) is 4.88. The van der Waals surface area contributed by atoms with Gasteiger partial charge in [0, 0.05) is 25.6 Å². The van der Waals surface area contributed by atoms with E-state index in [0.717, 1.165) is 82.1 Å². The number of anilines is 1. The number of nitrogens with one attached hydrogen (secondary N) is 1. The number of likely N-dealkylation sites (tertiary alicyclic amines) is 1. The average Bonchev–Trinajstić information content (AvgIpc) is 3.36. The van der Waals surface area contributed by atoms with Crippen LogP contribution in [0.15, 0.2) is 12.1 Å². The van der Waals surface area contributed by atoms with Crippen molar-refractivity contribution in [2.45, 2.75) is 56.9 Å². The molecule has 1 unspecified atom stereocenters. The summed E-state index contributed by atoms with van der Waals surface area (Å²) in [6.07, 6.45) is 7.67. The van der Waals surface area contributed by atoms with Crippen LogP contribution in [0.1, 0.15) is 56.7 Å². The van der Waals surface area contributed by atoms with Crippen LogP contribution < -0.4 is 10.2 Å². The van der Waals surface area contributed by atoms with Crippen molar-refractivity contribution in [1.82, 2.24) is 30.0 Å². The normalized spacial score (nSPS) is 25.2. The molecule has 150 valence electrons. The number of fused-ring (bicyclic) bond motifs is 1. The third-order valence-electron chi connectivity index (χ3n) is 6.54. The Morgan fingerprint density at radius 3 is 2.57 bits per heavy atom. The molecule has 3 fully saturated rings. The Morgan fingerprint density at radius 1 is 0.929 bits per heavy atom. The van der Waals surface area contributed by atoms with Crippen LogP contribution in [0, 0.1) is 0 Å². The van der Waals surface area contributed by atoms with Gasteiger partial charge in [-0.1, -0.05) is 0 Å². The van der Waals surface area contributed by atoms with Gasteiger partial charge in [0.05, 0.1) is 6.04 Å². The maximum Gasteiger partial charge on any atom is 0.237 e. The molecule has 1 atom stereocenters. The molecule has 0 radical (unpaired) electrons. The van der Waals surface area contributed by atoms with E-state index < -0.39 is 0 Å². The number of nitrogens with zero attached hydrogens (tertiary/aromatic N) is 6. The molecular formula is C20H29N7O. The second kappa shape index (κ2) is 7.66. The zero-order valence-corrected chi connectivity index (χ0v) is 16.4. The Labute approximate surface area is 165 Å². The van der Waals surface area contributed by atoms with E-state index in [4.69, 9.17) is 5.10 Å². The molecule has 0 spiro atoms. The topological polar surface area (TPSA) is 78.7 Å². The fourth-order valence-electron chi connectivity index (χ4n) is 4.91. The van der Waals surface area contributed by atoms with Crippen molar-refractivity contribution < 1.29 is 4.79 Å². The summed E-state index contributed by atoms with van der Waals surface area (Å²) in [5.74, 6) is 2.56. The molecule has 1 amide bonds. The first-order chi connectivity index (χ1) is 13.8. The van der Waals surface area contributed by atoms with Gasteiger partial charge >= 0.3 is 0 Å². The molecule has 0 saturated carbocycles. The first-order valence-corrected chi connectivity index (χ1v) is 10.8. The van der Waals surface area contributed by atoms with E-state index in [1.165, 1.54) is 12.8 Å². The summed E-state index contributed by atoms with van der Waals surface area (Å²) in [7, 11) is 0. The minimum Gasteiger partial charge on any atom is -0.355 e. The van der Waals surface area contributed by atoms with Gasteiger partial charge < -0.3 is 10.2 Å². The quantitative estimate of drug-likeness (QED) is 0.867. The molecular weight excluding hydrogens is 354 g/mol. The van der Waals surface area contributed by atoms with Crippen LogP contribution in [0.3, 0.4) is 0 Å². The lowest BCUT2D eigenvalue weighted by Gasteiger charge is -2.35. The highest BCUT2D eigenvalue weighted by Crippen LogP contribution is 2.29. The third-order valence-corrected chi connectivity index (χ3v) is 6.54. The predicted octanol–water partition coefficient (Wildman–Crippen LogP) is 1.57. The lowest BCUT2D eigenvalue weighted by atomic mass is 9.94. The smallest absolute Gasteiger partial charge is 0.237 e. The predicted molar refractivity (Wildman–Crippen MR) is 106 cm³/mol. The summed E-state index contributed by atoms with van der Waals surface area (Å²) in [6, 6.07) is 4.13. The Hall–Kier alpha value is -2.22. The van der Waals surface area contributed by atoms with Crippen LogP contribution in [0.5, 0.6) is 0 Å². The average molecular weight is 384 g/mol. The number of rotatable bonds is 3. The van der Waals surface area contributed by atoms with E-state index in [2.05, 4.69) is 31.4 Å². The molecule has 1 N–H and O–H groups in total. The third kappa shape index (κ3) is 3.34. The SMILES string of the molecule is O=C1NCCCCC1N1CCC(c2nnc3ccc(N4CCCC4)nn23)CC1. The molecule has 8 nitrogen and oxygen atoms in total. The standard InChI is InChI=1S/C20H29N7O/c28-20-16(5-1-2-10-21-20)25-13-8-15(9-14-25)19-23-22-17-6-7-18(24-27(17)19)26-11-3-4-12-26/h6-7,15-16H,1-5,8-14H2,(H,21,28). The molecule has 0 aliphatic carbocycles. The van der Waals surface area contributed by atoms with Gasteiger partial charge in [-0.25, -0.2) is 0 Å². The summed E-state index contributed by atoms with van der Waals surface area (Å²) in [4.78, 5) is 17.1. The fraction of sp³-hybridized carbons (Fsp3) is 0.700. The van der Waals surface area contributed by atoms with Crippen LogP contribution in [0.4, 0.5) is 5.82 Å². The first-order valence-electron chi connectivity index (χ1n) is 10.8. The highest BCUT2D eigenvalue weighted by Gasteiger charge is 2.32. The van der Waals surface area contributed by atoms with Crippen LogP contribution in [0.2, 0.25) is 0 Å². The van der Waals surface area contributed by atoms with E-state index in [1.807, 2.05) is 10.6 Å². The second-order valence-corrected chi connectivity index (χ2v) is 8.33. The molecule has 2 aromatic rings. The molecule has 28 heavy (non-hydrogen) atoms. The van der Waals surface area contributed by atoms with Crippen molar-refractivity contribution in [3.8, 4) is 0 Å². The molecule has 0 bridgehead atoms. The molecule has 5 heterocycles. The zero-order chi connectivity index (χ0) is 18.9. The van der Waals surface area contributed by atoms with E-state index in [1.54, 1.807) is 0 Å². The second-order valence-electron chi connectivity index (χ2n) is 8.33. The van der Waals surface area contributed by atoms with E-state index in [0.29, 0.717) is 5.92 Å². The van der Waals surface area contributed by atoms with Gasteiger partial charge in [-0.3, -0.25) is 9.69 Å². The van der Waals surface area contributed by atoms with Gasteiger partial charge in [0.2, 0.25) is 5.91 Å². The highest BCUT2D eigenvalue weighted by atomic mass is 16.2. The summed E-state index contributed by atoms with van der Waals surface area (Å²) in [6.45, 7) is 4.85. The maximum absolute atomic E-state index is 12.4. The minimum absolute atomic E-state index is 0.0403. The van der Waals surface area contributed by atoms with Gasteiger partial charge in [-0.15, -0.1) is 15.3 Å². The van der Waals surface area contributed by atoms with E-state index in [9.17, 15) is 4.79 Å². The number of carbonyl (C=O) groups is 1. The van der Waals surface area contributed by atoms with E-state index >= 15 is 0 Å². The van der Waals surface area contributed by atoms with Gasteiger partial charge in [0.1, 0.15) is 5.82 Å². The van der Waals surface area contributed by atoms with Crippen LogP contribution in [-0.4, -0.2) is 69.4 Å². The molecule has 2 aromatic heterocycles. The highest BCUT2D eigenvalue weighted by molar-refractivity contribution is 5.81. The number of aromatic nitrogens is 4. The molecule has 3 aliphatic heterocycles. The van der Waals surface area contributed by atoms with Crippen LogP contribution >= 0.6 is 0 Å². The van der Waals surface area contributed by atoms with Crippen molar-refractivity contribution in [1.29, 1.82) is 0 Å². The lowest BCUT2D eigenvalue weighted by molar-refractivity contribution is -0.126. The summed E-state index contributed by atoms with van der Waals surface area (Å²) in [5, 5.41) is 16.8. The minimum atomic E-state index is 0.0403. The van der Waals surface area contributed by atoms with Crippen molar-refractivity contribution in [2.75, 3.05) is 37.6 Å². The number of carbonyl (C=O) groups excluding carboxylic acids is 1. The zero-order valence-electron chi connectivity index (χ0n) is 16.4. The van der Waals surface area contributed by atoms with Crippen molar-refractivity contribution in [3.05, 3.63) is 18.0 Å². The largest absolute Gasteiger partial charge is 0.355 e. The number of amides is 1. The fourth-order valence-corrected chi connectivity index (χ4v) is 4.91. The molecule has 3 saturated heterocycles. The summed E-state index contributed by atoms with van der Waals surface area (Å²) in [5.41, 5.74) is 0.823. The molecule has 8 heteroatoms. The number of hydrogen-bond donors (Lipinski definition) is 1. The lowest BCUT2D eigenvalue weighted by Crippen LogP contribution is -2.48. The summed E-state index contributed by atoms with van der Waals surface area (Å²) >= 11 is 0. The Bertz CT molecular complexity index is 836. The monoisotopic (exact) mass is 383 g/mol.